The molecule has 3 aliphatic rings. The Labute approximate surface area is 225 Å². The first-order valence-electron chi connectivity index (χ1n) is 12.3. The highest BCUT2D eigenvalue weighted by Crippen LogP contribution is 2.62. The van der Waals surface area contributed by atoms with Crippen LogP contribution in [0, 0.1) is 5.82 Å². The predicted octanol–water partition coefficient (Wildman–Crippen LogP) is 3.94. The van der Waals surface area contributed by atoms with Gasteiger partial charge < -0.3 is 10.6 Å². The van der Waals surface area contributed by atoms with Crippen molar-refractivity contribution in [1.29, 1.82) is 0 Å². The lowest BCUT2D eigenvalue weighted by atomic mass is 9.55. The fourth-order valence-electron chi connectivity index (χ4n) is 6.69. The van der Waals surface area contributed by atoms with Gasteiger partial charge in [0.1, 0.15) is 21.1 Å². The van der Waals surface area contributed by atoms with Crippen LogP contribution in [0.3, 0.4) is 0 Å². The van der Waals surface area contributed by atoms with Crippen LogP contribution in [0.1, 0.15) is 49.1 Å². The van der Waals surface area contributed by atoms with Crippen molar-refractivity contribution >= 4 is 50.5 Å². The van der Waals surface area contributed by atoms with E-state index in [0.717, 1.165) is 25.5 Å². The number of hydrogen-bond donors (Lipinski definition) is 3. The molecule has 11 heteroatoms. The normalized spacial score (nSPS) is 26.3. The van der Waals surface area contributed by atoms with Crippen molar-refractivity contribution in [2.75, 3.05) is 23.9 Å². The number of benzene rings is 2. The van der Waals surface area contributed by atoms with E-state index in [9.17, 15) is 18.0 Å². The number of fused-ring (bicyclic) bond motifs is 3. The second-order valence-corrected chi connectivity index (χ2v) is 13.4. The molecule has 3 N–H and O–H groups in total. The molecule has 0 aromatic heterocycles. The Balaban J connectivity index is 1.72. The van der Waals surface area contributed by atoms with Crippen LogP contribution >= 0.6 is 23.2 Å². The molecule has 198 valence electrons. The lowest BCUT2D eigenvalue weighted by Crippen LogP contribution is -2.60. The average Bonchev–Trinajstić information content (AvgIpc) is 3.28. The number of carbonyl (C=O) groups excluding carboxylic acids is 2. The van der Waals surface area contributed by atoms with Crippen LogP contribution in [0.4, 0.5) is 10.1 Å². The summed E-state index contributed by atoms with van der Waals surface area (Å²) in [6.45, 7) is -0.0982. The average molecular weight is 568 g/mol. The van der Waals surface area contributed by atoms with Gasteiger partial charge >= 0.3 is 0 Å². The number of hydrogen-bond acceptors (Lipinski definition) is 5. The zero-order chi connectivity index (χ0) is 26.6. The van der Waals surface area contributed by atoms with Gasteiger partial charge in [0.25, 0.3) is 0 Å². The summed E-state index contributed by atoms with van der Waals surface area (Å²) in [7, 11) is -3.31. The summed E-state index contributed by atoms with van der Waals surface area (Å²) < 4.78 is 39.1. The molecule has 2 spiro atoms. The summed E-state index contributed by atoms with van der Waals surface area (Å²) in [6.07, 6.45) is 4.95. The fourth-order valence-corrected chi connectivity index (χ4v) is 7.51. The topological polar surface area (TPSA) is 104 Å². The minimum absolute atomic E-state index is 0.0982. The lowest BCUT2D eigenvalue weighted by molar-refractivity contribution is -0.124. The zero-order valence-electron chi connectivity index (χ0n) is 20.2. The van der Waals surface area contributed by atoms with Crippen molar-refractivity contribution in [2.45, 2.75) is 55.0 Å². The molecule has 1 saturated carbocycles. The molecule has 3 atom stereocenters. The van der Waals surface area contributed by atoms with Crippen molar-refractivity contribution in [3.8, 4) is 0 Å². The van der Waals surface area contributed by atoms with Crippen LogP contribution in [0.5, 0.6) is 0 Å². The van der Waals surface area contributed by atoms with E-state index in [1.54, 1.807) is 30.3 Å². The van der Waals surface area contributed by atoms with Crippen molar-refractivity contribution in [3.63, 3.8) is 0 Å². The molecule has 1 saturated heterocycles. The molecule has 0 bridgehead atoms. The monoisotopic (exact) mass is 567 g/mol. The summed E-state index contributed by atoms with van der Waals surface area (Å²) in [5.74, 6) is -2.70. The summed E-state index contributed by atoms with van der Waals surface area (Å²) >= 11 is 12.5. The van der Waals surface area contributed by atoms with Crippen LogP contribution in [0.15, 0.2) is 36.4 Å². The van der Waals surface area contributed by atoms with E-state index in [-0.39, 0.29) is 28.8 Å². The minimum Gasteiger partial charge on any atom is -0.354 e. The molecule has 2 amide bonds. The van der Waals surface area contributed by atoms with Crippen molar-refractivity contribution in [2.24, 2.45) is 0 Å². The maximum atomic E-state index is 15.7. The molecule has 37 heavy (non-hydrogen) atoms. The molecular weight excluding hydrogens is 540 g/mol. The van der Waals surface area contributed by atoms with Gasteiger partial charge in [0.05, 0.1) is 16.8 Å². The molecule has 2 aliphatic heterocycles. The molecule has 0 radical (unpaired) electrons. The van der Waals surface area contributed by atoms with Gasteiger partial charge in [-0.2, -0.15) is 0 Å². The lowest BCUT2D eigenvalue weighted by Gasteiger charge is -2.47. The van der Waals surface area contributed by atoms with Gasteiger partial charge in [-0.1, -0.05) is 60.7 Å². The smallest absolute Gasteiger partial charge is 0.237 e. The number of amides is 2. The van der Waals surface area contributed by atoms with Gasteiger partial charge in [-0.15, -0.1) is 0 Å². The van der Waals surface area contributed by atoms with E-state index in [4.69, 9.17) is 23.2 Å². The Morgan fingerprint density at radius 2 is 1.89 bits per heavy atom. The first-order chi connectivity index (χ1) is 17.5. The summed E-state index contributed by atoms with van der Waals surface area (Å²) in [6, 6.07) is 8.74. The first kappa shape index (κ1) is 26.4. The van der Waals surface area contributed by atoms with Gasteiger partial charge in [-0.05, 0) is 42.2 Å². The Morgan fingerprint density at radius 1 is 1.16 bits per heavy atom. The predicted molar refractivity (Wildman–Crippen MR) is 141 cm³/mol. The third-order valence-electron chi connectivity index (χ3n) is 8.08. The highest BCUT2D eigenvalue weighted by molar-refractivity contribution is 7.90. The van der Waals surface area contributed by atoms with Crippen molar-refractivity contribution in [1.82, 2.24) is 10.6 Å². The molecular formula is C26H28Cl2FN3O4S. The number of sulfone groups is 1. The second-order valence-electron chi connectivity index (χ2n) is 10.3. The van der Waals surface area contributed by atoms with Crippen LogP contribution in [-0.2, 0) is 24.8 Å². The zero-order valence-corrected chi connectivity index (χ0v) is 22.6. The standard InChI is InChI=1S/C26H28Cl2FN3O4S/c1-37(35,36)13-12-30-23(33)22-20(16-6-5-7-18(28)21(16)29)26(25(32-22)10-3-2-4-11-25)17-9-8-15(27)14-19(17)31-24(26)34/h5-9,14,20,22,32H,2-4,10-13H2,1H3,(H,30,33)(H,31,34)/t20-,22+,26?/m0/s1. The third kappa shape index (κ3) is 4.24. The Kier molecular flexibility index (Phi) is 6.80. The van der Waals surface area contributed by atoms with E-state index in [0.29, 0.717) is 29.1 Å². The van der Waals surface area contributed by atoms with E-state index in [1.165, 1.54) is 6.07 Å². The number of carbonyl (C=O) groups is 2. The van der Waals surface area contributed by atoms with Gasteiger partial charge in [0, 0.05) is 35.0 Å². The summed E-state index contributed by atoms with van der Waals surface area (Å²) in [5.41, 5.74) is -0.810. The van der Waals surface area contributed by atoms with Crippen LogP contribution in [0.25, 0.3) is 0 Å². The van der Waals surface area contributed by atoms with Crippen molar-refractivity contribution < 1.29 is 22.4 Å². The number of anilines is 1. The van der Waals surface area contributed by atoms with Crippen molar-refractivity contribution in [3.05, 3.63) is 63.4 Å². The Bertz CT molecular complexity index is 1380. The van der Waals surface area contributed by atoms with E-state index in [1.807, 2.05) is 0 Å². The van der Waals surface area contributed by atoms with Crippen LogP contribution in [0.2, 0.25) is 10.0 Å². The second kappa shape index (κ2) is 9.52. The van der Waals surface area contributed by atoms with Crippen LogP contribution < -0.4 is 16.0 Å². The highest BCUT2D eigenvalue weighted by Gasteiger charge is 2.72. The van der Waals surface area contributed by atoms with Gasteiger partial charge in [0.15, 0.2) is 0 Å². The SMILES string of the molecule is CS(=O)(=O)CCNC(=O)[C@@H]1NC2(CCCCC2)C2(C(=O)Nc3cc(Cl)ccc32)[C@H]1c1cccc(Cl)c1F. The molecule has 2 aromatic rings. The molecule has 1 unspecified atom stereocenters. The number of nitrogens with one attached hydrogen (secondary N) is 3. The van der Waals surface area contributed by atoms with Gasteiger partial charge in [0.2, 0.25) is 11.8 Å². The maximum Gasteiger partial charge on any atom is 0.237 e. The third-order valence-corrected chi connectivity index (χ3v) is 9.55. The van der Waals surface area contributed by atoms with Gasteiger partial charge in [-0.25, -0.2) is 12.8 Å². The molecule has 5 rings (SSSR count). The maximum absolute atomic E-state index is 15.7. The summed E-state index contributed by atoms with van der Waals surface area (Å²) in [4.78, 5) is 27.8. The first-order valence-corrected chi connectivity index (χ1v) is 15.1. The quantitative estimate of drug-likeness (QED) is 0.507. The highest BCUT2D eigenvalue weighted by atomic mass is 35.5. The van der Waals surface area contributed by atoms with E-state index >= 15 is 4.39 Å². The Hall–Kier alpha value is -2.20. The van der Waals surface area contributed by atoms with Crippen LogP contribution in [-0.4, -0.2) is 50.4 Å². The molecule has 2 aromatic carbocycles. The largest absolute Gasteiger partial charge is 0.354 e. The number of halogens is 3. The summed E-state index contributed by atoms with van der Waals surface area (Å²) in [5, 5.41) is 9.51. The van der Waals surface area contributed by atoms with E-state index in [2.05, 4.69) is 16.0 Å². The van der Waals surface area contributed by atoms with Gasteiger partial charge in [-0.3, -0.25) is 14.9 Å². The Morgan fingerprint density at radius 3 is 2.59 bits per heavy atom. The molecule has 7 nitrogen and oxygen atoms in total. The molecule has 2 fully saturated rings. The fraction of sp³-hybridized carbons (Fsp3) is 0.462. The van der Waals surface area contributed by atoms with E-state index < -0.39 is 44.5 Å². The minimum atomic E-state index is -3.31. The molecule has 1 aliphatic carbocycles. The number of rotatable bonds is 5. The molecule has 2 heterocycles.